The second kappa shape index (κ2) is 7.12. The van der Waals surface area contributed by atoms with Gasteiger partial charge in [0, 0.05) is 27.6 Å². The molecule has 1 amide bonds. The Morgan fingerprint density at radius 2 is 2.12 bits per heavy atom. The molecule has 5 heteroatoms. The van der Waals surface area contributed by atoms with Crippen molar-refractivity contribution in [3.05, 3.63) is 64.8 Å². The third-order valence-corrected chi connectivity index (χ3v) is 3.70. The molecule has 2 N–H and O–H groups in total. The van der Waals surface area contributed by atoms with Gasteiger partial charge in [0.05, 0.1) is 13.7 Å². The summed E-state index contributed by atoms with van der Waals surface area (Å²) in [6.45, 7) is 0.254. The highest BCUT2D eigenvalue weighted by Gasteiger charge is 2.08. The molecular weight excluding hydrogens is 324 g/mol. The van der Waals surface area contributed by atoms with E-state index in [0.717, 1.165) is 22.2 Å². The van der Waals surface area contributed by atoms with Crippen LogP contribution >= 0.6 is 11.6 Å². The molecule has 0 unspecified atom stereocenters. The van der Waals surface area contributed by atoms with Crippen molar-refractivity contribution < 1.29 is 9.53 Å². The number of methoxy groups -OCH3 is 1. The number of amides is 1. The first-order chi connectivity index (χ1) is 11.7. The first kappa shape index (κ1) is 16.0. The highest BCUT2D eigenvalue weighted by atomic mass is 35.5. The lowest BCUT2D eigenvalue weighted by Crippen LogP contribution is -2.23. The summed E-state index contributed by atoms with van der Waals surface area (Å²) >= 11 is 5.90. The minimum absolute atomic E-state index is 0.203. The number of carbonyl (C=O) groups is 1. The summed E-state index contributed by atoms with van der Waals surface area (Å²) in [6.07, 6.45) is 0. The minimum atomic E-state index is -0.203. The average Bonchev–Trinajstić information content (AvgIpc) is 3.01. The lowest BCUT2D eigenvalue weighted by Gasteiger charge is -1.98. The van der Waals surface area contributed by atoms with Crippen molar-refractivity contribution >= 4 is 28.4 Å². The van der Waals surface area contributed by atoms with Crippen LogP contribution in [0.4, 0.5) is 0 Å². The van der Waals surface area contributed by atoms with Crippen molar-refractivity contribution in [2.75, 3.05) is 13.7 Å². The van der Waals surface area contributed by atoms with Crippen LogP contribution in [-0.4, -0.2) is 24.5 Å². The second-order valence-corrected chi connectivity index (χ2v) is 5.57. The summed E-state index contributed by atoms with van der Waals surface area (Å²) in [7, 11) is 1.61. The van der Waals surface area contributed by atoms with Gasteiger partial charge in [-0.2, -0.15) is 0 Å². The molecule has 0 aliphatic rings. The van der Waals surface area contributed by atoms with Crippen molar-refractivity contribution in [3.63, 3.8) is 0 Å². The topological polar surface area (TPSA) is 54.1 Å². The molecule has 0 saturated heterocycles. The van der Waals surface area contributed by atoms with Gasteiger partial charge in [0.15, 0.2) is 0 Å². The predicted molar refractivity (Wildman–Crippen MR) is 95.5 cm³/mol. The molecule has 1 aromatic heterocycles. The minimum Gasteiger partial charge on any atom is -0.497 e. The Balaban J connectivity index is 1.65. The third kappa shape index (κ3) is 3.70. The number of fused-ring (bicyclic) bond motifs is 1. The number of hydrogen-bond acceptors (Lipinski definition) is 2. The van der Waals surface area contributed by atoms with Gasteiger partial charge in [0.2, 0.25) is 0 Å². The first-order valence-corrected chi connectivity index (χ1v) is 7.73. The average molecular weight is 339 g/mol. The van der Waals surface area contributed by atoms with Crippen molar-refractivity contribution in [3.8, 4) is 17.6 Å². The zero-order valence-corrected chi connectivity index (χ0v) is 13.8. The lowest BCUT2D eigenvalue weighted by atomic mass is 10.2. The van der Waals surface area contributed by atoms with Crippen LogP contribution in [0.15, 0.2) is 48.5 Å². The Kier molecular flexibility index (Phi) is 4.74. The molecule has 3 aromatic rings. The number of hydrogen-bond donors (Lipinski definition) is 2. The van der Waals surface area contributed by atoms with Crippen molar-refractivity contribution in [1.29, 1.82) is 0 Å². The van der Waals surface area contributed by atoms with Crippen molar-refractivity contribution in [2.45, 2.75) is 0 Å². The van der Waals surface area contributed by atoms with Crippen molar-refractivity contribution in [2.24, 2.45) is 0 Å². The number of ether oxygens (including phenoxy) is 1. The first-order valence-electron chi connectivity index (χ1n) is 7.35. The SMILES string of the molecule is COc1ccc2cc(C(=O)NCC#Cc3cccc(Cl)c3)[nH]c2c1. The summed E-state index contributed by atoms with van der Waals surface area (Å²) in [5.41, 5.74) is 2.15. The molecule has 0 aliphatic carbocycles. The molecule has 4 nitrogen and oxygen atoms in total. The Morgan fingerprint density at radius 1 is 1.25 bits per heavy atom. The van der Waals surface area contributed by atoms with Crippen LogP contribution in [0.3, 0.4) is 0 Å². The van der Waals surface area contributed by atoms with E-state index in [1.165, 1.54) is 0 Å². The molecule has 0 saturated carbocycles. The van der Waals surface area contributed by atoms with Gasteiger partial charge in [-0.25, -0.2) is 0 Å². The van der Waals surface area contributed by atoms with Crippen LogP contribution in [-0.2, 0) is 0 Å². The summed E-state index contributed by atoms with van der Waals surface area (Å²) in [5, 5.41) is 4.35. The molecule has 1 heterocycles. The van der Waals surface area contributed by atoms with Crippen LogP contribution in [0.1, 0.15) is 16.1 Å². The van der Waals surface area contributed by atoms with E-state index in [1.54, 1.807) is 25.3 Å². The summed E-state index contributed by atoms with van der Waals surface area (Å²) in [5.74, 6) is 6.40. The Labute approximate surface area is 144 Å². The number of aromatic amines is 1. The van der Waals surface area contributed by atoms with Gasteiger partial charge in [-0.05, 0) is 36.4 Å². The molecule has 0 spiro atoms. The Morgan fingerprint density at radius 3 is 2.92 bits per heavy atom. The third-order valence-electron chi connectivity index (χ3n) is 3.47. The molecular formula is C19H15ClN2O2. The Hall–Kier alpha value is -2.90. The molecule has 120 valence electrons. The smallest absolute Gasteiger partial charge is 0.268 e. The van der Waals surface area contributed by atoms with E-state index in [4.69, 9.17) is 16.3 Å². The van der Waals surface area contributed by atoms with Gasteiger partial charge in [0.25, 0.3) is 5.91 Å². The van der Waals surface area contributed by atoms with Gasteiger partial charge >= 0.3 is 0 Å². The quantitative estimate of drug-likeness (QED) is 0.717. The van der Waals surface area contributed by atoms with Crippen LogP contribution in [0.25, 0.3) is 10.9 Å². The number of aromatic nitrogens is 1. The van der Waals surface area contributed by atoms with E-state index in [1.807, 2.05) is 30.3 Å². The zero-order chi connectivity index (χ0) is 16.9. The highest BCUT2D eigenvalue weighted by molar-refractivity contribution is 6.30. The molecule has 24 heavy (non-hydrogen) atoms. The molecule has 0 atom stereocenters. The highest BCUT2D eigenvalue weighted by Crippen LogP contribution is 2.21. The summed E-state index contributed by atoms with van der Waals surface area (Å²) < 4.78 is 5.17. The molecule has 0 bridgehead atoms. The number of carbonyl (C=O) groups excluding carboxylic acids is 1. The van der Waals surface area contributed by atoms with Gasteiger partial charge in [-0.15, -0.1) is 0 Å². The van der Waals surface area contributed by atoms with Gasteiger partial charge in [-0.1, -0.05) is 29.5 Å². The standard InChI is InChI=1S/C19H15ClN2O2/c1-24-16-8-7-14-11-18(22-17(14)12-16)19(23)21-9-3-5-13-4-2-6-15(20)10-13/h2,4,6-8,10-12,22H,9H2,1H3,(H,21,23). The van der Waals surface area contributed by atoms with Gasteiger partial charge in [0.1, 0.15) is 11.4 Å². The Bertz CT molecular complexity index is 951. The van der Waals surface area contributed by atoms with E-state index in [9.17, 15) is 4.79 Å². The maximum atomic E-state index is 12.2. The summed E-state index contributed by atoms with van der Waals surface area (Å²) in [6, 6.07) is 14.7. The van der Waals surface area contributed by atoms with Gasteiger partial charge < -0.3 is 15.0 Å². The van der Waals surface area contributed by atoms with E-state index in [0.29, 0.717) is 10.7 Å². The van der Waals surface area contributed by atoms with Crippen molar-refractivity contribution in [1.82, 2.24) is 10.3 Å². The number of H-pyrrole nitrogens is 1. The maximum Gasteiger partial charge on any atom is 0.268 e. The van der Waals surface area contributed by atoms with Crippen LogP contribution < -0.4 is 10.1 Å². The fraction of sp³-hybridized carbons (Fsp3) is 0.105. The molecule has 3 rings (SSSR count). The van der Waals surface area contributed by atoms with E-state index in [-0.39, 0.29) is 12.5 Å². The van der Waals surface area contributed by atoms with Gasteiger partial charge in [-0.3, -0.25) is 4.79 Å². The molecule has 0 fully saturated rings. The second-order valence-electron chi connectivity index (χ2n) is 5.13. The maximum absolute atomic E-state index is 12.2. The largest absolute Gasteiger partial charge is 0.497 e. The normalized spacial score (nSPS) is 10.1. The zero-order valence-electron chi connectivity index (χ0n) is 13.0. The molecule has 0 radical (unpaired) electrons. The van der Waals surface area contributed by atoms with Crippen LogP contribution in [0, 0.1) is 11.8 Å². The predicted octanol–water partition coefficient (Wildman–Crippen LogP) is 3.61. The molecule has 0 aliphatic heterocycles. The van der Waals surface area contributed by atoms with E-state index < -0.39 is 0 Å². The monoisotopic (exact) mass is 338 g/mol. The lowest BCUT2D eigenvalue weighted by molar-refractivity contribution is 0.0954. The fourth-order valence-electron chi connectivity index (χ4n) is 2.29. The molecule has 2 aromatic carbocycles. The van der Waals surface area contributed by atoms with E-state index in [2.05, 4.69) is 22.1 Å². The number of benzene rings is 2. The van der Waals surface area contributed by atoms with Crippen LogP contribution in [0.2, 0.25) is 5.02 Å². The van der Waals surface area contributed by atoms with Crippen LogP contribution in [0.5, 0.6) is 5.75 Å². The number of halogens is 1. The number of rotatable bonds is 3. The number of nitrogens with one attached hydrogen (secondary N) is 2. The fourth-order valence-corrected chi connectivity index (χ4v) is 2.48. The van der Waals surface area contributed by atoms with E-state index >= 15 is 0 Å². The summed E-state index contributed by atoms with van der Waals surface area (Å²) in [4.78, 5) is 15.3.